The number of benzene rings is 3. The van der Waals surface area contributed by atoms with E-state index in [0.29, 0.717) is 22.2 Å². The molecule has 6 nitrogen and oxygen atoms in total. The number of rotatable bonds is 6. The third-order valence-corrected chi connectivity index (χ3v) is 6.81. The van der Waals surface area contributed by atoms with Crippen LogP contribution in [-0.4, -0.2) is 40.4 Å². The van der Waals surface area contributed by atoms with Gasteiger partial charge in [0.05, 0.1) is 16.6 Å². The summed E-state index contributed by atoms with van der Waals surface area (Å²) >= 11 is 5.78. The molecule has 4 aromatic rings. The van der Waals surface area contributed by atoms with Crippen LogP contribution in [0.15, 0.2) is 73.1 Å². The van der Waals surface area contributed by atoms with E-state index in [1.807, 2.05) is 43.5 Å². The van der Waals surface area contributed by atoms with Gasteiger partial charge in [0, 0.05) is 23.4 Å². The molecule has 1 saturated heterocycles. The summed E-state index contributed by atoms with van der Waals surface area (Å²) in [5, 5.41) is 5.87. The van der Waals surface area contributed by atoms with Gasteiger partial charge in [-0.2, -0.15) is 0 Å². The number of likely N-dealkylation sites (N-methyl/N-ethyl adjacent to an activating group) is 1. The van der Waals surface area contributed by atoms with Crippen LogP contribution >= 0.6 is 11.6 Å². The van der Waals surface area contributed by atoms with E-state index >= 15 is 0 Å². The first-order valence-electron chi connectivity index (χ1n) is 11.9. The molecule has 9 heteroatoms. The fourth-order valence-corrected chi connectivity index (χ4v) is 4.72. The second-order valence-electron chi connectivity index (χ2n) is 8.86. The smallest absolute Gasteiger partial charge is 0.248 e. The van der Waals surface area contributed by atoms with Gasteiger partial charge in [-0.05, 0) is 56.3 Å². The average Bonchev–Trinajstić information content (AvgIpc) is 3.33. The maximum atomic E-state index is 14.7. The molecule has 0 spiro atoms. The second kappa shape index (κ2) is 10.6. The monoisotopic (exact) mass is 519 g/mol. The van der Waals surface area contributed by atoms with Crippen molar-refractivity contribution in [3.05, 3.63) is 89.7 Å². The summed E-state index contributed by atoms with van der Waals surface area (Å²) in [5.74, 6) is -1.77. The lowest BCUT2D eigenvalue weighted by molar-refractivity contribution is -0.111. The molecule has 3 aromatic carbocycles. The topological polar surface area (TPSA) is 70.2 Å². The Balaban J connectivity index is 1.59. The molecule has 0 aliphatic carbocycles. The molecule has 0 radical (unpaired) electrons. The van der Waals surface area contributed by atoms with E-state index < -0.39 is 16.7 Å². The molecule has 1 atom stereocenters. The van der Waals surface area contributed by atoms with Crippen LogP contribution in [-0.2, 0) is 4.79 Å². The number of aromatic nitrogens is 2. The number of fused-ring (bicyclic) bond motifs is 1. The number of carbonyl (C=O) groups excluding carboxylic acids is 1. The largest absolute Gasteiger partial charge is 0.337 e. The highest BCUT2D eigenvalue weighted by Gasteiger charge is 2.20. The van der Waals surface area contributed by atoms with Crippen LogP contribution in [0, 0.1) is 11.6 Å². The van der Waals surface area contributed by atoms with Crippen molar-refractivity contribution in [3.8, 4) is 11.1 Å². The molecule has 1 fully saturated rings. The zero-order valence-corrected chi connectivity index (χ0v) is 20.8. The number of anilines is 3. The van der Waals surface area contributed by atoms with Crippen molar-refractivity contribution >= 4 is 45.6 Å². The number of amides is 1. The summed E-state index contributed by atoms with van der Waals surface area (Å²) in [4.78, 5) is 23.9. The summed E-state index contributed by atoms with van der Waals surface area (Å²) in [5.41, 5.74) is 2.55. The van der Waals surface area contributed by atoms with E-state index in [0.717, 1.165) is 31.0 Å². The fourth-order valence-electron chi connectivity index (χ4n) is 4.56. The van der Waals surface area contributed by atoms with Gasteiger partial charge in [-0.1, -0.05) is 48.0 Å². The Labute approximate surface area is 218 Å². The van der Waals surface area contributed by atoms with E-state index in [1.165, 1.54) is 12.4 Å². The first-order valence-corrected chi connectivity index (χ1v) is 12.2. The lowest BCUT2D eigenvalue weighted by Crippen LogP contribution is -2.23. The number of carbonyl (C=O) groups is 1. The summed E-state index contributed by atoms with van der Waals surface area (Å²) in [6.45, 7) is 1.01. The zero-order chi connectivity index (χ0) is 25.9. The molecule has 1 aliphatic heterocycles. The fraction of sp³-hybridized carbons (Fsp3) is 0.179. The number of hydrogen-bond donors (Lipinski definition) is 2. The van der Waals surface area contributed by atoms with Crippen molar-refractivity contribution in [3.63, 3.8) is 0 Å². The van der Waals surface area contributed by atoms with Gasteiger partial charge in [-0.3, -0.25) is 9.69 Å². The van der Waals surface area contributed by atoms with Crippen LogP contribution < -0.4 is 10.6 Å². The molecular formula is C28H24ClF2N5O. The summed E-state index contributed by atoms with van der Waals surface area (Å²) in [7, 11) is 2.04. The van der Waals surface area contributed by atoms with Crippen LogP contribution in [0.1, 0.15) is 12.8 Å². The van der Waals surface area contributed by atoms with Gasteiger partial charge in [0.15, 0.2) is 5.82 Å². The molecule has 188 valence electrons. The van der Waals surface area contributed by atoms with E-state index in [-0.39, 0.29) is 23.5 Å². The van der Waals surface area contributed by atoms with Gasteiger partial charge in [0.2, 0.25) is 5.91 Å². The molecule has 1 aromatic heterocycles. The number of likely N-dealkylation sites (tertiary alicyclic amines) is 1. The quantitative estimate of drug-likeness (QED) is 0.223. The second-order valence-corrected chi connectivity index (χ2v) is 9.23. The lowest BCUT2D eigenvalue weighted by Gasteiger charge is -2.17. The third-order valence-electron chi connectivity index (χ3n) is 6.46. The van der Waals surface area contributed by atoms with Crippen molar-refractivity contribution in [2.75, 3.05) is 24.2 Å². The third kappa shape index (κ3) is 5.16. The lowest BCUT2D eigenvalue weighted by atomic mass is 9.98. The van der Waals surface area contributed by atoms with Crippen LogP contribution in [0.4, 0.5) is 26.0 Å². The Morgan fingerprint density at radius 1 is 1.08 bits per heavy atom. The Morgan fingerprint density at radius 2 is 1.86 bits per heavy atom. The predicted octanol–water partition coefficient (Wildman–Crippen LogP) is 6.56. The van der Waals surface area contributed by atoms with Crippen LogP contribution in [0.5, 0.6) is 0 Å². The number of hydrogen-bond acceptors (Lipinski definition) is 5. The highest BCUT2D eigenvalue weighted by molar-refractivity contribution is 6.31. The highest BCUT2D eigenvalue weighted by atomic mass is 35.5. The summed E-state index contributed by atoms with van der Waals surface area (Å²) in [6, 6.07) is 15.6. The van der Waals surface area contributed by atoms with Crippen molar-refractivity contribution < 1.29 is 13.6 Å². The molecule has 37 heavy (non-hydrogen) atoms. The van der Waals surface area contributed by atoms with E-state index in [4.69, 9.17) is 11.6 Å². The van der Waals surface area contributed by atoms with Crippen LogP contribution in [0.2, 0.25) is 5.02 Å². The van der Waals surface area contributed by atoms with Gasteiger partial charge in [0.25, 0.3) is 0 Å². The number of halogens is 3. The Hall–Kier alpha value is -3.88. The van der Waals surface area contributed by atoms with E-state index in [2.05, 4.69) is 25.5 Å². The standard InChI is InChI=1S/C28H24ClF2N5O/c1-36-15-5-8-18(36)9-14-23(37)34-21-13-12-20-25(24(21)17-6-3-2-4-7-17)28(33-16-32-20)35-22-11-10-19(30)26(29)27(22)31/h2-4,6-7,9-14,16,18H,5,8,15H2,1H3,(H,34,37)(H,32,33,35)/b14-9+. The summed E-state index contributed by atoms with van der Waals surface area (Å²) in [6.07, 6.45) is 6.94. The van der Waals surface area contributed by atoms with Crippen molar-refractivity contribution in [2.24, 2.45) is 0 Å². The highest BCUT2D eigenvalue weighted by Crippen LogP contribution is 2.39. The maximum absolute atomic E-state index is 14.7. The predicted molar refractivity (Wildman–Crippen MR) is 143 cm³/mol. The van der Waals surface area contributed by atoms with Gasteiger partial charge < -0.3 is 10.6 Å². The molecule has 2 N–H and O–H groups in total. The minimum absolute atomic E-state index is 0.0385. The molecule has 2 heterocycles. The van der Waals surface area contributed by atoms with Gasteiger partial charge >= 0.3 is 0 Å². The first kappa shape index (κ1) is 24.8. The number of nitrogens with zero attached hydrogens (tertiary/aromatic N) is 3. The van der Waals surface area contributed by atoms with Crippen molar-refractivity contribution in [1.82, 2.24) is 14.9 Å². The molecule has 1 unspecified atom stereocenters. The normalized spacial score (nSPS) is 15.9. The van der Waals surface area contributed by atoms with Crippen molar-refractivity contribution in [2.45, 2.75) is 18.9 Å². The average molecular weight is 520 g/mol. The minimum atomic E-state index is -0.929. The van der Waals surface area contributed by atoms with Crippen LogP contribution in [0.3, 0.4) is 0 Å². The van der Waals surface area contributed by atoms with E-state index in [9.17, 15) is 13.6 Å². The minimum Gasteiger partial charge on any atom is -0.337 e. The Kier molecular flexibility index (Phi) is 7.12. The molecular weight excluding hydrogens is 496 g/mol. The molecule has 0 saturated carbocycles. The van der Waals surface area contributed by atoms with Gasteiger partial charge in [0.1, 0.15) is 23.0 Å². The van der Waals surface area contributed by atoms with Crippen molar-refractivity contribution in [1.29, 1.82) is 0 Å². The molecule has 0 bridgehead atoms. The molecule has 1 aliphatic rings. The molecule has 1 amide bonds. The Bertz CT molecular complexity index is 1500. The SMILES string of the molecule is CN1CCCC1/C=C/C(=O)Nc1ccc2ncnc(Nc3ccc(F)c(Cl)c3F)c2c1-c1ccccc1. The summed E-state index contributed by atoms with van der Waals surface area (Å²) < 4.78 is 28.4. The van der Waals surface area contributed by atoms with Gasteiger partial charge in [-0.15, -0.1) is 0 Å². The first-order chi connectivity index (χ1) is 17.9. The zero-order valence-electron chi connectivity index (χ0n) is 20.0. The Morgan fingerprint density at radius 3 is 2.62 bits per heavy atom. The molecule has 5 rings (SSSR count). The van der Waals surface area contributed by atoms with E-state index in [1.54, 1.807) is 18.2 Å². The number of nitrogens with one attached hydrogen (secondary N) is 2. The van der Waals surface area contributed by atoms with Gasteiger partial charge in [-0.25, -0.2) is 18.7 Å². The maximum Gasteiger partial charge on any atom is 0.248 e. The van der Waals surface area contributed by atoms with Crippen LogP contribution in [0.25, 0.3) is 22.0 Å².